The molecular weight excluding hydrogens is 599 g/mol. The molecule has 1 N–H and O–H groups in total. The maximum Gasteiger partial charge on any atom is 0.435 e. The van der Waals surface area contributed by atoms with Gasteiger partial charge < -0.3 is 15.0 Å². The van der Waals surface area contributed by atoms with E-state index in [0.717, 1.165) is 31.8 Å². The average molecular weight is 625 g/mol. The molecule has 3 aromatic carbocycles. The molecule has 0 aromatic heterocycles. The van der Waals surface area contributed by atoms with Crippen LogP contribution in [0.4, 0.5) is 17.6 Å². The molecule has 2 aliphatic rings. The molecule has 0 saturated carbocycles. The lowest BCUT2D eigenvalue weighted by Gasteiger charge is -2.29. The fraction of sp³-hybridized carbons (Fsp3) is 0.345. The molecule has 0 bridgehead atoms. The molecule has 13 heteroatoms. The summed E-state index contributed by atoms with van der Waals surface area (Å²) < 4.78 is 57.4. The second-order valence-corrected chi connectivity index (χ2v) is 10.8. The highest BCUT2D eigenvalue weighted by Crippen LogP contribution is 2.50. The molecule has 222 valence electrons. The van der Waals surface area contributed by atoms with Crippen LogP contribution in [0, 0.1) is 5.82 Å². The third kappa shape index (κ3) is 6.04. The minimum atomic E-state index is -4.95. The number of benzene rings is 3. The van der Waals surface area contributed by atoms with Gasteiger partial charge >= 0.3 is 6.18 Å². The number of likely N-dealkylation sites (tertiary alicyclic amines) is 1. The number of amides is 1. The summed E-state index contributed by atoms with van der Waals surface area (Å²) in [4.78, 5) is 25.6. The number of oxime groups is 2. The molecular formula is C29H26Cl2F4N4O3. The van der Waals surface area contributed by atoms with E-state index in [-0.39, 0.29) is 12.3 Å². The third-order valence-electron chi connectivity index (χ3n) is 7.32. The minimum absolute atomic E-state index is 0.00901. The molecule has 0 radical (unpaired) electrons. The van der Waals surface area contributed by atoms with Crippen molar-refractivity contribution < 1.29 is 32.0 Å². The van der Waals surface area contributed by atoms with E-state index in [4.69, 9.17) is 32.9 Å². The number of alkyl halides is 3. The van der Waals surface area contributed by atoms with Crippen molar-refractivity contribution in [2.45, 2.75) is 31.0 Å². The Morgan fingerprint density at radius 1 is 1.12 bits per heavy atom. The summed E-state index contributed by atoms with van der Waals surface area (Å²) in [7, 11) is 0. The van der Waals surface area contributed by atoms with Crippen LogP contribution in [-0.4, -0.2) is 61.7 Å². The molecule has 3 aromatic rings. The molecule has 5 rings (SSSR count). The summed E-state index contributed by atoms with van der Waals surface area (Å²) >= 11 is 11.6. The molecule has 42 heavy (non-hydrogen) atoms. The Hall–Kier alpha value is -3.41. The fourth-order valence-electron chi connectivity index (χ4n) is 5.14. The highest BCUT2D eigenvalue weighted by Gasteiger charge is 2.62. The van der Waals surface area contributed by atoms with E-state index in [1.54, 1.807) is 24.3 Å². The lowest BCUT2D eigenvalue weighted by Crippen LogP contribution is -2.42. The Labute approximate surface area is 249 Å². The van der Waals surface area contributed by atoms with Gasteiger partial charge in [0.1, 0.15) is 6.61 Å². The van der Waals surface area contributed by atoms with Gasteiger partial charge in [0.15, 0.2) is 5.82 Å². The van der Waals surface area contributed by atoms with Crippen molar-refractivity contribution >= 4 is 51.8 Å². The predicted octanol–water partition coefficient (Wildman–Crippen LogP) is 6.70. The Morgan fingerprint density at radius 2 is 1.81 bits per heavy atom. The van der Waals surface area contributed by atoms with E-state index in [2.05, 4.69) is 20.5 Å². The van der Waals surface area contributed by atoms with Gasteiger partial charge in [-0.15, -0.1) is 0 Å². The van der Waals surface area contributed by atoms with Crippen molar-refractivity contribution in [3.63, 3.8) is 0 Å². The first-order valence-corrected chi connectivity index (χ1v) is 14.0. The van der Waals surface area contributed by atoms with Crippen LogP contribution in [-0.2, 0) is 15.3 Å². The van der Waals surface area contributed by atoms with Crippen LogP contribution in [0.3, 0.4) is 0 Å². The summed E-state index contributed by atoms with van der Waals surface area (Å²) in [6.45, 7) is 3.51. The highest BCUT2D eigenvalue weighted by atomic mass is 35.5. The maximum absolute atomic E-state index is 14.5. The number of rotatable bonds is 9. The van der Waals surface area contributed by atoms with Gasteiger partial charge in [0.05, 0.1) is 28.5 Å². The Morgan fingerprint density at radius 3 is 2.50 bits per heavy atom. The first kappa shape index (κ1) is 30.1. The normalized spacial score (nSPS) is 19.3. The molecule has 1 unspecified atom stereocenters. The topological polar surface area (TPSA) is 75.5 Å². The van der Waals surface area contributed by atoms with Crippen LogP contribution in [0.15, 0.2) is 58.8 Å². The van der Waals surface area contributed by atoms with Crippen molar-refractivity contribution in [3.05, 3.63) is 81.1 Å². The SMILES string of the molecule is O=C(NCC=NOCCN1CCCC1)c1ccc(C2=NOC(c3cc(Cl)c(F)c(Cl)c3)(C(F)(F)F)C2)c2ccccc12. The zero-order valence-electron chi connectivity index (χ0n) is 22.2. The van der Waals surface area contributed by atoms with Crippen molar-refractivity contribution in [2.24, 2.45) is 10.3 Å². The number of nitrogens with zero attached hydrogens (tertiary/aromatic N) is 3. The van der Waals surface area contributed by atoms with Crippen LogP contribution in [0.2, 0.25) is 10.0 Å². The van der Waals surface area contributed by atoms with E-state index in [0.29, 0.717) is 28.5 Å². The summed E-state index contributed by atoms with van der Waals surface area (Å²) in [6.07, 6.45) is -1.83. The summed E-state index contributed by atoms with van der Waals surface area (Å²) in [5, 5.41) is 10.3. The molecule has 1 fully saturated rings. The number of halogens is 6. The lowest BCUT2D eigenvalue weighted by molar-refractivity contribution is -0.275. The summed E-state index contributed by atoms with van der Waals surface area (Å²) in [6, 6.07) is 11.5. The number of fused-ring (bicyclic) bond motifs is 1. The number of hydrogen-bond donors (Lipinski definition) is 1. The van der Waals surface area contributed by atoms with Gasteiger partial charge in [-0.05, 0) is 54.9 Å². The van der Waals surface area contributed by atoms with Crippen molar-refractivity contribution in [1.82, 2.24) is 10.2 Å². The van der Waals surface area contributed by atoms with Gasteiger partial charge in [0.25, 0.3) is 11.5 Å². The maximum atomic E-state index is 14.5. The average Bonchev–Trinajstić information content (AvgIpc) is 3.65. The first-order valence-electron chi connectivity index (χ1n) is 13.2. The molecule has 1 saturated heterocycles. The Bertz CT molecular complexity index is 1520. The van der Waals surface area contributed by atoms with E-state index >= 15 is 0 Å². The zero-order valence-corrected chi connectivity index (χ0v) is 23.7. The number of carbonyl (C=O) groups excluding carboxylic acids is 1. The smallest absolute Gasteiger partial charge is 0.395 e. The predicted molar refractivity (Wildman–Crippen MR) is 153 cm³/mol. The lowest BCUT2D eigenvalue weighted by atomic mass is 9.85. The van der Waals surface area contributed by atoms with Crippen LogP contribution >= 0.6 is 23.2 Å². The second kappa shape index (κ2) is 12.4. The molecule has 7 nitrogen and oxygen atoms in total. The van der Waals surface area contributed by atoms with Crippen LogP contribution < -0.4 is 5.32 Å². The Balaban J connectivity index is 1.32. The molecule has 2 heterocycles. The number of hydrogen-bond acceptors (Lipinski definition) is 6. The molecule has 0 aliphatic carbocycles. The Kier molecular flexibility index (Phi) is 8.91. The number of carbonyl (C=O) groups is 1. The van der Waals surface area contributed by atoms with E-state index in [1.807, 2.05) is 0 Å². The van der Waals surface area contributed by atoms with Gasteiger partial charge in [-0.3, -0.25) is 9.69 Å². The second-order valence-electron chi connectivity index (χ2n) is 9.97. The quantitative estimate of drug-likeness (QED) is 0.0945. The van der Waals surface area contributed by atoms with Crippen LogP contribution in [0.25, 0.3) is 10.8 Å². The molecule has 2 aliphatic heterocycles. The first-order chi connectivity index (χ1) is 20.1. The number of nitrogens with one attached hydrogen (secondary N) is 1. The van der Waals surface area contributed by atoms with Crippen molar-refractivity contribution in [1.29, 1.82) is 0 Å². The molecule has 1 amide bonds. The highest BCUT2D eigenvalue weighted by molar-refractivity contribution is 6.35. The molecule has 0 spiro atoms. The van der Waals surface area contributed by atoms with Gasteiger partial charge in [0.2, 0.25) is 0 Å². The monoisotopic (exact) mass is 624 g/mol. The fourth-order valence-corrected chi connectivity index (χ4v) is 5.63. The van der Waals surface area contributed by atoms with Gasteiger partial charge in [0, 0.05) is 29.7 Å². The van der Waals surface area contributed by atoms with Gasteiger partial charge in [-0.1, -0.05) is 63.8 Å². The van der Waals surface area contributed by atoms with Crippen molar-refractivity contribution in [3.8, 4) is 0 Å². The van der Waals surface area contributed by atoms with E-state index < -0.39 is 45.5 Å². The minimum Gasteiger partial charge on any atom is -0.395 e. The van der Waals surface area contributed by atoms with Crippen LogP contribution in [0.5, 0.6) is 0 Å². The van der Waals surface area contributed by atoms with E-state index in [1.165, 1.54) is 31.2 Å². The third-order valence-corrected chi connectivity index (χ3v) is 7.87. The van der Waals surface area contributed by atoms with Crippen LogP contribution in [0.1, 0.15) is 40.7 Å². The van der Waals surface area contributed by atoms with Gasteiger partial charge in [-0.25, -0.2) is 4.39 Å². The van der Waals surface area contributed by atoms with Gasteiger partial charge in [-0.2, -0.15) is 13.2 Å². The standard InChI is InChI=1S/C29H26Cl2F4N4O3/c30-23-15-18(16-24(31)26(23)32)28(29(33,34)35)17-25(38-42-28)21-7-8-22(20-6-2-1-5-19(20)21)27(40)36-9-10-37-41-14-13-39-11-3-4-12-39/h1-2,5-8,10,15-16H,3-4,9,11-14,17H2,(H,36,40). The largest absolute Gasteiger partial charge is 0.435 e. The molecule has 1 atom stereocenters. The zero-order chi connectivity index (χ0) is 29.9. The van der Waals surface area contributed by atoms with E-state index in [9.17, 15) is 22.4 Å². The summed E-state index contributed by atoms with van der Waals surface area (Å²) in [5.41, 5.74) is -2.76. The summed E-state index contributed by atoms with van der Waals surface area (Å²) in [5.74, 6) is -1.43. The van der Waals surface area contributed by atoms with Crippen molar-refractivity contribution in [2.75, 3.05) is 32.8 Å².